The molecule has 0 radical (unpaired) electrons. The largest absolute Gasteiger partial charge is 0.479 e. The average Bonchev–Trinajstić information content (AvgIpc) is 3.35. The van der Waals surface area contributed by atoms with E-state index in [1.54, 1.807) is 0 Å². The predicted octanol–water partition coefficient (Wildman–Crippen LogP) is 13.8. The summed E-state index contributed by atoms with van der Waals surface area (Å²) in [5.41, 5.74) is 0. The van der Waals surface area contributed by atoms with Crippen LogP contribution >= 0.6 is 0 Å². The van der Waals surface area contributed by atoms with Crippen molar-refractivity contribution in [1.29, 1.82) is 0 Å². The molecule has 0 aromatic heterocycles. The van der Waals surface area contributed by atoms with Gasteiger partial charge in [-0.25, -0.2) is 4.79 Å². The molecule has 3 N–H and O–H groups in total. The first kappa shape index (κ1) is 65.2. The third-order valence-corrected chi connectivity index (χ3v) is 12.2. The minimum Gasteiger partial charge on any atom is -0.479 e. The number of carbonyl (C=O) groups excluding carboxylic acids is 3. The van der Waals surface area contributed by atoms with Crippen LogP contribution in [0.15, 0.2) is 72.9 Å². The molecular weight excluding hydrogens is 901 g/mol. The number of hydrogen-bond donors (Lipinski definition) is 3. The molecule has 12 heteroatoms. The van der Waals surface area contributed by atoms with Gasteiger partial charge in [0.2, 0.25) is 0 Å². The molecule has 12 nitrogen and oxygen atoms in total. The Morgan fingerprint density at radius 1 is 0.479 bits per heavy atom. The number of carboxylic acids is 1. The van der Waals surface area contributed by atoms with Crippen LogP contribution in [0.5, 0.6) is 0 Å². The molecule has 71 heavy (non-hydrogen) atoms. The Hall–Kier alpha value is -3.84. The van der Waals surface area contributed by atoms with Crippen LogP contribution < -0.4 is 0 Å². The second-order valence-corrected chi connectivity index (χ2v) is 18.8. The molecule has 1 fully saturated rings. The molecule has 0 aromatic rings. The minimum atomic E-state index is -1.91. The second-order valence-electron chi connectivity index (χ2n) is 18.8. The molecule has 0 aliphatic carbocycles. The molecule has 0 amide bonds. The van der Waals surface area contributed by atoms with Crippen LogP contribution in [0, 0.1) is 0 Å². The third-order valence-electron chi connectivity index (χ3n) is 12.2. The number of allylic oxidation sites excluding steroid dienone is 12. The zero-order valence-corrected chi connectivity index (χ0v) is 44.4. The highest BCUT2D eigenvalue weighted by molar-refractivity contribution is 5.74. The number of ether oxygens (including phenoxy) is 5. The van der Waals surface area contributed by atoms with E-state index in [1.807, 2.05) is 0 Å². The minimum absolute atomic E-state index is 0.0454. The standard InChI is InChI=1S/C59H98O12/c1-4-7-10-13-16-19-22-24-25-26-27-29-31-33-36-39-42-45-51(60)67-48-50(69-52(61)46-43-40-37-35-32-28-23-20-17-14-11-8-5-2)49-68-59-57(55(64)54(63)56(71-59)58(65)66)70-53(62)47-44-41-38-34-30-21-18-15-12-9-6-3/h7,10-11,14-16,18-20,23-25,50,54-57,59,63-64H,4-6,8-9,12-13,17,21-22,26-49H2,1-3H3,(H,65,66)/b10-7-,14-11-,18-15-,19-16-,23-20-,25-24-. The number of aliphatic hydroxyl groups is 2. The zero-order valence-electron chi connectivity index (χ0n) is 44.4. The Balaban J connectivity index is 2.72. The van der Waals surface area contributed by atoms with Gasteiger partial charge in [-0.3, -0.25) is 14.4 Å². The maximum Gasteiger partial charge on any atom is 0.335 e. The summed E-state index contributed by atoms with van der Waals surface area (Å²) in [6.45, 7) is 5.73. The molecule has 0 spiro atoms. The van der Waals surface area contributed by atoms with E-state index in [1.165, 1.54) is 19.3 Å². The molecule has 406 valence electrons. The highest BCUT2D eigenvalue weighted by Gasteiger charge is 2.50. The maximum atomic E-state index is 13.1. The molecule has 1 rings (SSSR count). The van der Waals surface area contributed by atoms with E-state index in [2.05, 4.69) is 93.7 Å². The average molecular weight is 999 g/mol. The van der Waals surface area contributed by atoms with Gasteiger partial charge in [-0.2, -0.15) is 0 Å². The van der Waals surface area contributed by atoms with Crippen LogP contribution in [0.1, 0.15) is 226 Å². The van der Waals surface area contributed by atoms with Crippen molar-refractivity contribution >= 4 is 23.9 Å². The summed E-state index contributed by atoms with van der Waals surface area (Å²) in [4.78, 5) is 50.9. The summed E-state index contributed by atoms with van der Waals surface area (Å²) in [6.07, 6.45) is 46.0. The van der Waals surface area contributed by atoms with Gasteiger partial charge >= 0.3 is 23.9 Å². The Kier molecular flexibility index (Phi) is 43.3. The number of carboxylic acid groups (broad SMARTS) is 1. The summed E-state index contributed by atoms with van der Waals surface area (Å²) in [7, 11) is 0. The summed E-state index contributed by atoms with van der Waals surface area (Å²) >= 11 is 0. The first-order chi connectivity index (χ1) is 34.6. The van der Waals surface area contributed by atoms with E-state index in [4.69, 9.17) is 23.7 Å². The van der Waals surface area contributed by atoms with Crippen LogP contribution in [0.4, 0.5) is 0 Å². The molecule has 0 aromatic carbocycles. The maximum absolute atomic E-state index is 13.1. The predicted molar refractivity (Wildman–Crippen MR) is 285 cm³/mol. The van der Waals surface area contributed by atoms with Crippen LogP contribution in [-0.2, 0) is 42.9 Å². The molecule has 6 atom stereocenters. The van der Waals surface area contributed by atoms with Crippen molar-refractivity contribution in [1.82, 2.24) is 0 Å². The molecule has 0 bridgehead atoms. The van der Waals surface area contributed by atoms with E-state index in [-0.39, 0.29) is 25.9 Å². The van der Waals surface area contributed by atoms with Gasteiger partial charge in [0.1, 0.15) is 18.8 Å². The van der Waals surface area contributed by atoms with Gasteiger partial charge in [-0.15, -0.1) is 0 Å². The zero-order chi connectivity index (χ0) is 51.8. The van der Waals surface area contributed by atoms with E-state index in [9.17, 15) is 34.5 Å². The van der Waals surface area contributed by atoms with Gasteiger partial charge in [0.25, 0.3) is 0 Å². The van der Waals surface area contributed by atoms with Gasteiger partial charge in [0.05, 0.1) is 6.61 Å². The lowest BCUT2D eigenvalue weighted by molar-refractivity contribution is -0.301. The van der Waals surface area contributed by atoms with Gasteiger partial charge < -0.3 is 39.0 Å². The molecule has 0 saturated carbocycles. The third kappa shape index (κ3) is 37.6. The van der Waals surface area contributed by atoms with E-state index in [0.717, 1.165) is 148 Å². The fourth-order valence-electron chi connectivity index (χ4n) is 7.93. The second kappa shape index (κ2) is 47.2. The van der Waals surface area contributed by atoms with E-state index < -0.39 is 67.3 Å². The molecule has 1 aliphatic heterocycles. The van der Waals surface area contributed by atoms with Crippen LogP contribution in [-0.4, -0.2) is 89.2 Å². The highest BCUT2D eigenvalue weighted by atomic mass is 16.7. The van der Waals surface area contributed by atoms with Crippen molar-refractivity contribution in [2.75, 3.05) is 13.2 Å². The summed E-state index contributed by atoms with van der Waals surface area (Å²) < 4.78 is 28.3. The quantitative estimate of drug-likeness (QED) is 0.0228. The number of unbranched alkanes of at least 4 members (excludes halogenated alkanes) is 20. The molecule has 1 saturated heterocycles. The van der Waals surface area contributed by atoms with Crippen LogP contribution in [0.2, 0.25) is 0 Å². The Labute approximate surface area is 429 Å². The van der Waals surface area contributed by atoms with Gasteiger partial charge in [-0.05, 0) is 96.3 Å². The Morgan fingerprint density at radius 2 is 0.915 bits per heavy atom. The summed E-state index contributed by atoms with van der Waals surface area (Å²) in [5.74, 6) is -3.17. The van der Waals surface area contributed by atoms with E-state index >= 15 is 0 Å². The Bertz CT molecular complexity index is 1510. The monoisotopic (exact) mass is 999 g/mol. The number of aliphatic carboxylic acids is 1. The molecular formula is C59H98O12. The first-order valence-electron chi connectivity index (χ1n) is 27.9. The number of rotatable bonds is 46. The Morgan fingerprint density at radius 3 is 1.42 bits per heavy atom. The SMILES string of the molecule is CC/C=C\C/C=C\C/C=C\CCCCCCCCCC(=O)OCC(COC1OC(C(=O)O)C(O)C(O)C1OC(=O)CCCCCCC/C=C\CCCC)OC(=O)CCCCCCC/C=C\C/C=C\CCC. The molecule has 1 heterocycles. The highest BCUT2D eigenvalue weighted by Crippen LogP contribution is 2.26. The summed E-state index contributed by atoms with van der Waals surface area (Å²) in [6, 6.07) is 0. The van der Waals surface area contributed by atoms with Gasteiger partial charge in [0.15, 0.2) is 24.6 Å². The van der Waals surface area contributed by atoms with Crippen LogP contribution in [0.3, 0.4) is 0 Å². The van der Waals surface area contributed by atoms with Gasteiger partial charge in [0, 0.05) is 19.3 Å². The van der Waals surface area contributed by atoms with Crippen molar-refractivity contribution in [2.45, 2.75) is 263 Å². The van der Waals surface area contributed by atoms with Crippen molar-refractivity contribution < 1.29 is 58.2 Å². The molecule has 1 aliphatic rings. The number of hydrogen-bond acceptors (Lipinski definition) is 11. The van der Waals surface area contributed by atoms with Crippen molar-refractivity contribution in [3.05, 3.63) is 72.9 Å². The number of carbonyl (C=O) groups is 4. The molecule has 6 unspecified atom stereocenters. The fourth-order valence-corrected chi connectivity index (χ4v) is 7.93. The van der Waals surface area contributed by atoms with Crippen molar-refractivity contribution in [3.8, 4) is 0 Å². The van der Waals surface area contributed by atoms with Crippen molar-refractivity contribution in [3.63, 3.8) is 0 Å². The van der Waals surface area contributed by atoms with Crippen molar-refractivity contribution in [2.24, 2.45) is 0 Å². The lowest BCUT2D eigenvalue weighted by Gasteiger charge is -2.40. The number of aliphatic hydroxyl groups excluding tert-OH is 2. The van der Waals surface area contributed by atoms with Gasteiger partial charge in [-0.1, -0.05) is 184 Å². The summed E-state index contributed by atoms with van der Waals surface area (Å²) in [5, 5.41) is 31.4. The lowest BCUT2D eigenvalue weighted by Crippen LogP contribution is -2.61. The smallest absolute Gasteiger partial charge is 0.335 e. The normalized spacial score (nSPS) is 19.0. The number of esters is 3. The lowest BCUT2D eigenvalue weighted by atomic mass is 9.98. The fraction of sp³-hybridized carbons (Fsp3) is 0.729. The van der Waals surface area contributed by atoms with E-state index in [0.29, 0.717) is 19.3 Å². The topological polar surface area (TPSA) is 175 Å². The van der Waals surface area contributed by atoms with Crippen LogP contribution in [0.25, 0.3) is 0 Å². The first-order valence-corrected chi connectivity index (χ1v) is 27.9.